The molecule has 2 aromatic rings. The SMILES string of the molecule is CCc1ccccc1CNc1ccc(S(N)(=O)=O)c(N)c1. The van der Waals surface area contributed by atoms with Gasteiger partial charge in [0.1, 0.15) is 4.90 Å². The maximum Gasteiger partial charge on any atom is 0.240 e. The molecule has 0 aliphatic rings. The van der Waals surface area contributed by atoms with Crippen molar-refractivity contribution in [2.24, 2.45) is 5.14 Å². The topological polar surface area (TPSA) is 98.2 Å². The molecule has 0 bridgehead atoms. The quantitative estimate of drug-likeness (QED) is 0.737. The van der Waals surface area contributed by atoms with Crippen molar-refractivity contribution in [3.63, 3.8) is 0 Å². The molecule has 21 heavy (non-hydrogen) atoms. The number of sulfonamides is 1. The average Bonchev–Trinajstić information content (AvgIpc) is 2.44. The third kappa shape index (κ3) is 3.74. The molecule has 0 aliphatic carbocycles. The molecule has 0 aliphatic heterocycles. The smallest absolute Gasteiger partial charge is 0.240 e. The number of nitrogen functional groups attached to an aromatic ring is 1. The average molecular weight is 305 g/mol. The Morgan fingerprint density at radius 2 is 1.76 bits per heavy atom. The molecule has 5 N–H and O–H groups in total. The van der Waals surface area contributed by atoms with Crippen molar-refractivity contribution in [3.05, 3.63) is 53.6 Å². The second-order valence-corrected chi connectivity index (χ2v) is 6.30. The van der Waals surface area contributed by atoms with E-state index >= 15 is 0 Å². The first kappa shape index (κ1) is 15.3. The molecule has 0 saturated carbocycles. The van der Waals surface area contributed by atoms with E-state index in [0.29, 0.717) is 6.54 Å². The number of rotatable bonds is 5. The lowest BCUT2D eigenvalue weighted by atomic mass is 10.1. The molecule has 0 spiro atoms. The minimum absolute atomic E-state index is 0.0537. The van der Waals surface area contributed by atoms with Crippen LogP contribution in [0.3, 0.4) is 0 Å². The Hall–Kier alpha value is -2.05. The van der Waals surface area contributed by atoms with Gasteiger partial charge in [0.15, 0.2) is 0 Å². The van der Waals surface area contributed by atoms with Crippen molar-refractivity contribution in [2.45, 2.75) is 24.8 Å². The molecule has 2 rings (SSSR count). The summed E-state index contributed by atoms with van der Waals surface area (Å²) in [7, 11) is -3.78. The molecule has 0 atom stereocenters. The van der Waals surface area contributed by atoms with Crippen LogP contribution in [0.1, 0.15) is 18.1 Å². The second-order valence-electron chi connectivity index (χ2n) is 4.77. The summed E-state index contributed by atoms with van der Waals surface area (Å²) in [6.07, 6.45) is 0.963. The van der Waals surface area contributed by atoms with Crippen LogP contribution in [0.4, 0.5) is 11.4 Å². The van der Waals surface area contributed by atoms with E-state index in [2.05, 4.69) is 24.4 Å². The molecular weight excluding hydrogens is 286 g/mol. The summed E-state index contributed by atoms with van der Waals surface area (Å²) in [6, 6.07) is 12.8. The summed E-state index contributed by atoms with van der Waals surface area (Å²) < 4.78 is 22.6. The molecule has 0 saturated heterocycles. The highest BCUT2D eigenvalue weighted by atomic mass is 32.2. The summed E-state index contributed by atoms with van der Waals surface area (Å²) in [4.78, 5) is -0.0537. The molecule has 112 valence electrons. The van der Waals surface area contributed by atoms with Crippen molar-refractivity contribution < 1.29 is 8.42 Å². The van der Waals surface area contributed by atoms with E-state index in [4.69, 9.17) is 10.9 Å². The highest BCUT2D eigenvalue weighted by Crippen LogP contribution is 2.22. The second kappa shape index (κ2) is 6.15. The van der Waals surface area contributed by atoms with Gasteiger partial charge in [0.25, 0.3) is 0 Å². The predicted molar refractivity (Wildman–Crippen MR) is 85.4 cm³/mol. The first-order valence-electron chi connectivity index (χ1n) is 6.64. The fourth-order valence-corrected chi connectivity index (χ4v) is 2.83. The number of anilines is 2. The van der Waals surface area contributed by atoms with Crippen molar-refractivity contribution >= 4 is 21.4 Å². The molecule has 0 fully saturated rings. The first-order valence-corrected chi connectivity index (χ1v) is 8.19. The van der Waals surface area contributed by atoms with E-state index in [1.165, 1.54) is 17.2 Å². The number of nitrogens with two attached hydrogens (primary N) is 2. The number of hydrogen-bond acceptors (Lipinski definition) is 4. The van der Waals surface area contributed by atoms with Crippen LogP contribution in [0.25, 0.3) is 0 Å². The highest BCUT2D eigenvalue weighted by Gasteiger charge is 2.12. The molecule has 6 heteroatoms. The lowest BCUT2D eigenvalue weighted by Crippen LogP contribution is -2.14. The lowest BCUT2D eigenvalue weighted by molar-refractivity contribution is 0.598. The maximum atomic E-state index is 11.3. The van der Waals surface area contributed by atoms with E-state index in [1.54, 1.807) is 12.1 Å². The lowest BCUT2D eigenvalue weighted by Gasteiger charge is -2.12. The first-order chi connectivity index (χ1) is 9.91. The van der Waals surface area contributed by atoms with Gasteiger partial charge >= 0.3 is 0 Å². The van der Waals surface area contributed by atoms with Gasteiger partial charge in [0, 0.05) is 12.2 Å². The zero-order valence-corrected chi connectivity index (χ0v) is 12.7. The van der Waals surface area contributed by atoms with Gasteiger partial charge in [-0.15, -0.1) is 0 Å². The zero-order valence-electron chi connectivity index (χ0n) is 11.8. The van der Waals surface area contributed by atoms with Crippen LogP contribution in [0.2, 0.25) is 0 Å². The van der Waals surface area contributed by atoms with Gasteiger partial charge < -0.3 is 11.1 Å². The highest BCUT2D eigenvalue weighted by molar-refractivity contribution is 7.89. The molecule has 0 radical (unpaired) electrons. The number of primary sulfonamides is 1. The fourth-order valence-electron chi connectivity index (χ4n) is 2.19. The summed E-state index contributed by atoms with van der Waals surface area (Å²) >= 11 is 0. The van der Waals surface area contributed by atoms with Crippen molar-refractivity contribution in [2.75, 3.05) is 11.1 Å². The van der Waals surface area contributed by atoms with Gasteiger partial charge in [-0.05, 0) is 35.7 Å². The van der Waals surface area contributed by atoms with Crippen LogP contribution in [-0.2, 0) is 23.0 Å². The Kier molecular flexibility index (Phi) is 4.50. The largest absolute Gasteiger partial charge is 0.398 e. The van der Waals surface area contributed by atoms with E-state index in [1.807, 2.05) is 12.1 Å². The van der Waals surface area contributed by atoms with E-state index in [9.17, 15) is 8.42 Å². The maximum absolute atomic E-state index is 11.3. The van der Waals surface area contributed by atoms with Crippen LogP contribution >= 0.6 is 0 Å². The Bertz CT molecular complexity index is 742. The van der Waals surface area contributed by atoms with Gasteiger partial charge in [-0.25, -0.2) is 13.6 Å². The van der Waals surface area contributed by atoms with Crippen molar-refractivity contribution in [1.82, 2.24) is 0 Å². The molecule has 0 heterocycles. The third-order valence-corrected chi connectivity index (χ3v) is 4.28. The van der Waals surface area contributed by atoms with Crippen LogP contribution in [0.5, 0.6) is 0 Å². The molecule has 2 aromatic carbocycles. The summed E-state index contributed by atoms with van der Waals surface area (Å²) in [5.74, 6) is 0. The van der Waals surface area contributed by atoms with Gasteiger partial charge in [-0.1, -0.05) is 31.2 Å². The Labute approximate surface area is 125 Å². The summed E-state index contributed by atoms with van der Waals surface area (Å²) in [5, 5.41) is 8.32. The number of hydrogen-bond donors (Lipinski definition) is 3. The monoisotopic (exact) mass is 305 g/mol. The van der Waals surface area contributed by atoms with E-state index in [-0.39, 0.29) is 10.6 Å². The van der Waals surface area contributed by atoms with E-state index < -0.39 is 10.0 Å². The molecule has 5 nitrogen and oxygen atoms in total. The van der Waals surface area contributed by atoms with Crippen LogP contribution in [0, 0.1) is 0 Å². The number of benzene rings is 2. The fraction of sp³-hybridized carbons (Fsp3) is 0.200. The Morgan fingerprint density at radius 1 is 1.10 bits per heavy atom. The summed E-state index contributed by atoms with van der Waals surface area (Å²) in [5.41, 5.74) is 9.11. The number of aryl methyl sites for hydroxylation is 1. The van der Waals surface area contributed by atoms with Crippen LogP contribution in [-0.4, -0.2) is 8.42 Å². The van der Waals surface area contributed by atoms with E-state index in [0.717, 1.165) is 12.1 Å². The molecular formula is C15H19N3O2S. The Balaban J connectivity index is 2.16. The normalized spacial score (nSPS) is 11.3. The number of nitrogens with one attached hydrogen (secondary N) is 1. The minimum Gasteiger partial charge on any atom is -0.398 e. The third-order valence-electron chi connectivity index (χ3n) is 3.30. The molecule has 0 unspecified atom stereocenters. The molecule has 0 aromatic heterocycles. The van der Waals surface area contributed by atoms with Crippen LogP contribution in [0.15, 0.2) is 47.4 Å². The zero-order chi connectivity index (χ0) is 15.5. The van der Waals surface area contributed by atoms with Gasteiger partial charge in [-0.2, -0.15) is 0 Å². The standard InChI is InChI=1S/C15H19N3O2S/c1-2-11-5-3-4-6-12(11)10-18-13-7-8-15(14(16)9-13)21(17,19)20/h3-9,18H,2,10,16H2,1H3,(H2,17,19,20). The summed E-state index contributed by atoms with van der Waals surface area (Å²) in [6.45, 7) is 2.76. The van der Waals surface area contributed by atoms with Crippen molar-refractivity contribution in [1.29, 1.82) is 0 Å². The van der Waals surface area contributed by atoms with Gasteiger partial charge in [0.05, 0.1) is 5.69 Å². The van der Waals surface area contributed by atoms with Crippen molar-refractivity contribution in [3.8, 4) is 0 Å². The molecule has 0 amide bonds. The van der Waals surface area contributed by atoms with Gasteiger partial charge in [0.2, 0.25) is 10.0 Å². The Morgan fingerprint density at radius 3 is 2.33 bits per heavy atom. The van der Waals surface area contributed by atoms with Gasteiger partial charge in [-0.3, -0.25) is 0 Å². The van der Waals surface area contributed by atoms with Crippen LogP contribution < -0.4 is 16.2 Å². The minimum atomic E-state index is -3.78. The predicted octanol–water partition coefficient (Wildman–Crippen LogP) is 2.09.